The Morgan fingerprint density at radius 3 is 2.54 bits per heavy atom. The molecule has 0 spiro atoms. The fraction of sp³-hybridized carbons (Fsp3) is 0.0556. The molecule has 0 saturated carbocycles. The molecule has 1 heterocycles. The van der Waals surface area contributed by atoms with Gasteiger partial charge in [-0.2, -0.15) is 13.2 Å². The van der Waals surface area contributed by atoms with E-state index in [-0.39, 0.29) is 0 Å². The van der Waals surface area contributed by atoms with Crippen molar-refractivity contribution in [2.75, 3.05) is 5.32 Å². The van der Waals surface area contributed by atoms with Crippen molar-refractivity contribution in [2.24, 2.45) is 0 Å². The van der Waals surface area contributed by atoms with Crippen molar-refractivity contribution in [3.63, 3.8) is 0 Å². The number of H-pyrrole nitrogens is 1. The molecular weight excluding hydrogens is 315 g/mol. The molecule has 3 aromatic carbocycles. The summed E-state index contributed by atoms with van der Waals surface area (Å²) < 4.78 is 38.4. The van der Waals surface area contributed by atoms with Crippen LogP contribution < -0.4 is 5.32 Å². The molecule has 0 unspecified atom stereocenters. The summed E-state index contributed by atoms with van der Waals surface area (Å²) in [7, 11) is 0. The van der Waals surface area contributed by atoms with E-state index in [4.69, 9.17) is 0 Å². The number of anilines is 2. The highest BCUT2D eigenvalue weighted by atomic mass is 19.4. The van der Waals surface area contributed by atoms with E-state index in [1.54, 1.807) is 0 Å². The average molecular weight is 327 g/mol. The number of hydrogen-bond acceptors (Lipinski definition) is 2. The van der Waals surface area contributed by atoms with E-state index in [2.05, 4.69) is 15.3 Å². The van der Waals surface area contributed by atoms with Gasteiger partial charge in [-0.3, -0.25) is 0 Å². The molecule has 0 amide bonds. The molecule has 0 aliphatic rings. The van der Waals surface area contributed by atoms with Crippen molar-refractivity contribution in [3.05, 3.63) is 66.2 Å². The number of imidazole rings is 1. The predicted octanol–water partition coefficient (Wildman–Crippen LogP) is 5.48. The largest absolute Gasteiger partial charge is 0.416 e. The number of halogens is 3. The molecule has 0 bridgehead atoms. The summed E-state index contributed by atoms with van der Waals surface area (Å²) in [6.07, 6.45) is -4.37. The maximum atomic E-state index is 12.8. The van der Waals surface area contributed by atoms with Crippen LogP contribution in [0, 0.1) is 0 Å². The SMILES string of the molecule is FC(F)(F)c1ccc2nc(Nc3cccc4ccccc34)[nH]c2c1. The fourth-order valence-corrected chi connectivity index (χ4v) is 2.71. The second-order valence-corrected chi connectivity index (χ2v) is 5.47. The topological polar surface area (TPSA) is 40.7 Å². The van der Waals surface area contributed by atoms with Crippen molar-refractivity contribution in [1.82, 2.24) is 9.97 Å². The van der Waals surface area contributed by atoms with Crippen LogP contribution in [0.5, 0.6) is 0 Å². The maximum absolute atomic E-state index is 12.8. The van der Waals surface area contributed by atoms with Crippen LogP contribution in [0.2, 0.25) is 0 Å². The molecule has 1 aromatic heterocycles. The van der Waals surface area contributed by atoms with Gasteiger partial charge >= 0.3 is 6.18 Å². The number of aromatic amines is 1. The molecule has 0 saturated heterocycles. The molecule has 4 rings (SSSR count). The summed E-state index contributed by atoms with van der Waals surface area (Å²) in [6.45, 7) is 0. The number of aromatic nitrogens is 2. The summed E-state index contributed by atoms with van der Waals surface area (Å²) in [5.74, 6) is 0.403. The standard InChI is InChI=1S/C18H12F3N3/c19-18(20,21)12-8-9-15-16(10-12)24-17(23-15)22-14-7-3-5-11-4-1-2-6-13(11)14/h1-10H,(H2,22,23,24). The first-order valence-electron chi connectivity index (χ1n) is 7.32. The zero-order chi connectivity index (χ0) is 16.7. The molecule has 0 fully saturated rings. The lowest BCUT2D eigenvalue weighted by Crippen LogP contribution is -2.04. The lowest BCUT2D eigenvalue weighted by Gasteiger charge is -2.07. The zero-order valence-electron chi connectivity index (χ0n) is 12.4. The van der Waals surface area contributed by atoms with Crippen molar-refractivity contribution < 1.29 is 13.2 Å². The average Bonchev–Trinajstić information content (AvgIpc) is 2.96. The van der Waals surface area contributed by atoms with Crippen molar-refractivity contribution >= 4 is 33.4 Å². The van der Waals surface area contributed by atoms with Gasteiger partial charge in [0.15, 0.2) is 0 Å². The summed E-state index contributed by atoms with van der Waals surface area (Å²) >= 11 is 0. The van der Waals surface area contributed by atoms with Crippen LogP contribution in [0.3, 0.4) is 0 Å². The first-order chi connectivity index (χ1) is 11.5. The molecule has 0 aliphatic heterocycles. The van der Waals surface area contributed by atoms with Gasteiger partial charge in [-0.15, -0.1) is 0 Å². The second kappa shape index (κ2) is 5.26. The summed E-state index contributed by atoms with van der Waals surface area (Å²) in [6, 6.07) is 17.1. The molecule has 2 N–H and O–H groups in total. The molecule has 24 heavy (non-hydrogen) atoms. The van der Waals surface area contributed by atoms with E-state index in [1.807, 2.05) is 42.5 Å². The first kappa shape index (κ1) is 14.6. The van der Waals surface area contributed by atoms with Gasteiger partial charge in [0.1, 0.15) is 0 Å². The summed E-state index contributed by atoms with van der Waals surface area (Å²) in [5, 5.41) is 5.22. The van der Waals surface area contributed by atoms with E-state index >= 15 is 0 Å². The van der Waals surface area contributed by atoms with Gasteiger partial charge in [-0.1, -0.05) is 36.4 Å². The molecular formula is C18H12F3N3. The van der Waals surface area contributed by atoms with Gasteiger partial charge in [0, 0.05) is 11.1 Å². The third kappa shape index (κ3) is 2.56. The second-order valence-electron chi connectivity index (χ2n) is 5.47. The van der Waals surface area contributed by atoms with Gasteiger partial charge in [0.2, 0.25) is 5.95 Å². The van der Waals surface area contributed by atoms with Gasteiger partial charge in [0.05, 0.1) is 16.6 Å². The molecule has 0 aliphatic carbocycles. The fourth-order valence-electron chi connectivity index (χ4n) is 2.71. The summed E-state index contributed by atoms with van der Waals surface area (Å²) in [5.41, 5.74) is 0.955. The van der Waals surface area contributed by atoms with Crippen molar-refractivity contribution in [3.8, 4) is 0 Å². The monoisotopic (exact) mass is 327 g/mol. The Kier molecular flexibility index (Phi) is 3.19. The van der Waals surface area contributed by atoms with Crippen LogP contribution in [0.25, 0.3) is 21.8 Å². The molecule has 120 valence electrons. The molecule has 6 heteroatoms. The van der Waals surface area contributed by atoms with Crippen molar-refractivity contribution in [2.45, 2.75) is 6.18 Å². The normalized spacial score (nSPS) is 12.0. The van der Waals surface area contributed by atoms with E-state index in [9.17, 15) is 13.2 Å². The van der Waals surface area contributed by atoms with Gasteiger partial charge in [-0.05, 0) is 29.7 Å². The molecule has 4 aromatic rings. The lowest BCUT2D eigenvalue weighted by atomic mass is 10.1. The van der Waals surface area contributed by atoms with E-state index in [0.29, 0.717) is 17.0 Å². The zero-order valence-corrected chi connectivity index (χ0v) is 12.4. The smallest absolute Gasteiger partial charge is 0.325 e. The predicted molar refractivity (Wildman–Crippen MR) is 88.3 cm³/mol. The number of benzene rings is 3. The minimum atomic E-state index is -4.37. The number of nitrogens with one attached hydrogen (secondary N) is 2. The number of rotatable bonds is 2. The van der Waals surface area contributed by atoms with E-state index < -0.39 is 11.7 Å². The number of nitrogens with zero attached hydrogens (tertiary/aromatic N) is 1. The molecule has 0 atom stereocenters. The van der Waals surface area contributed by atoms with Crippen LogP contribution in [-0.2, 0) is 6.18 Å². The van der Waals surface area contributed by atoms with Crippen LogP contribution >= 0.6 is 0 Å². The van der Waals surface area contributed by atoms with Crippen LogP contribution in [-0.4, -0.2) is 9.97 Å². The van der Waals surface area contributed by atoms with Crippen LogP contribution in [0.15, 0.2) is 60.7 Å². The Balaban J connectivity index is 1.74. The molecule has 3 nitrogen and oxygen atoms in total. The quantitative estimate of drug-likeness (QED) is 0.512. The third-order valence-electron chi connectivity index (χ3n) is 3.85. The van der Waals surface area contributed by atoms with Gasteiger partial charge in [-0.25, -0.2) is 4.98 Å². The van der Waals surface area contributed by atoms with Crippen molar-refractivity contribution in [1.29, 1.82) is 0 Å². The highest BCUT2D eigenvalue weighted by Crippen LogP contribution is 2.32. The highest BCUT2D eigenvalue weighted by molar-refractivity contribution is 5.95. The number of hydrogen-bond donors (Lipinski definition) is 2. The Morgan fingerprint density at radius 2 is 1.71 bits per heavy atom. The lowest BCUT2D eigenvalue weighted by molar-refractivity contribution is -0.137. The minimum Gasteiger partial charge on any atom is -0.325 e. The molecule has 0 radical (unpaired) electrons. The van der Waals surface area contributed by atoms with Crippen LogP contribution in [0.4, 0.5) is 24.8 Å². The number of fused-ring (bicyclic) bond motifs is 2. The Hall–Kier alpha value is -3.02. The first-order valence-corrected chi connectivity index (χ1v) is 7.32. The summed E-state index contributed by atoms with van der Waals surface area (Å²) in [4.78, 5) is 7.20. The Bertz CT molecular complexity index is 1030. The number of alkyl halides is 3. The Labute approximate surface area is 135 Å². The Morgan fingerprint density at radius 1 is 0.917 bits per heavy atom. The third-order valence-corrected chi connectivity index (χ3v) is 3.85. The van der Waals surface area contributed by atoms with E-state index in [0.717, 1.165) is 28.6 Å². The maximum Gasteiger partial charge on any atom is 0.416 e. The van der Waals surface area contributed by atoms with Gasteiger partial charge < -0.3 is 10.3 Å². The van der Waals surface area contributed by atoms with E-state index in [1.165, 1.54) is 6.07 Å². The highest BCUT2D eigenvalue weighted by Gasteiger charge is 2.30. The van der Waals surface area contributed by atoms with Gasteiger partial charge in [0.25, 0.3) is 0 Å². The van der Waals surface area contributed by atoms with Crippen LogP contribution in [0.1, 0.15) is 5.56 Å². The minimum absolute atomic E-state index is 0.340.